The topological polar surface area (TPSA) is 93.7 Å². The molecule has 0 aliphatic heterocycles. The second kappa shape index (κ2) is 9.55. The maximum Gasteiger partial charge on any atom is 0.407 e. The molecule has 0 heterocycles. The summed E-state index contributed by atoms with van der Waals surface area (Å²) in [5, 5.41) is 4.99. The highest BCUT2D eigenvalue weighted by atomic mass is 16.5. The second-order valence-electron chi connectivity index (χ2n) is 6.45. The number of amides is 2. The van der Waals surface area contributed by atoms with Crippen LogP contribution in [-0.2, 0) is 31.2 Å². The molecule has 1 atom stereocenters. The van der Waals surface area contributed by atoms with E-state index in [4.69, 9.17) is 9.47 Å². The molecule has 0 radical (unpaired) electrons. The van der Waals surface area contributed by atoms with Gasteiger partial charge in [0.15, 0.2) is 5.54 Å². The van der Waals surface area contributed by atoms with Gasteiger partial charge < -0.3 is 20.1 Å². The lowest BCUT2D eigenvalue weighted by atomic mass is 9.91. The molecule has 0 aliphatic rings. The number of benzene rings is 2. The number of nitrogens with one attached hydrogen (secondary N) is 2. The smallest absolute Gasteiger partial charge is 0.407 e. The minimum atomic E-state index is -1.38. The zero-order valence-corrected chi connectivity index (χ0v) is 16.2. The van der Waals surface area contributed by atoms with Crippen LogP contribution in [0, 0.1) is 6.92 Å². The largest absolute Gasteiger partial charge is 0.467 e. The van der Waals surface area contributed by atoms with Crippen LogP contribution >= 0.6 is 0 Å². The molecule has 0 aromatic heterocycles. The Hall–Kier alpha value is -3.35. The number of aryl methyl sites for hydroxylation is 1. The van der Waals surface area contributed by atoms with E-state index in [1.54, 1.807) is 19.1 Å². The molecule has 0 saturated heterocycles. The predicted molar refractivity (Wildman–Crippen MR) is 103 cm³/mol. The third kappa shape index (κ3) is 5.57. The van der Waals surface area contributed by atoms with Gasteiger partial charge in [-0.1, -0.05) is 60.2 Å². The van der Waals surface area contributed by atoms with Crippen LogP contribution < -0.4 is 10.6 Å². The average Bonchev–Trinajstić information content (AvgIpc) is 2.71. The van der Waals surface area contributed by atoms with Crippen molar-refractivity contribution in [3.63, 3.8) is 0 Å². The summed E-state index contributed by atoms with van der Waals surface area (Å²) in [4.78, 5) is 36.4. The number of alkyl carbamates (subject to hydrolysis) is 1. The SMILES string of the molecule is COC(=O)C(C)(NC(=O)CNC(=O)OCc1ccccc1)c1ccc(C)cc1. The fourth-order valence-electron chi connectivity index (χ4n) is 2.58. The van der Waals surface area contributed by atoms with Gasteiger partial charge in [-0.2, -0.15) is 0 Å². The summed E-state index contributed by atoms with van der Waals surface area (Å²) in [6.45, 7) is 3.22. The van der Waals surface area contributed by atoms with E-state index in [1.165, 1.54) is 7.11 Å². The Kier molecular flexibility index (Phi) is 7.14. The summed E-state index contributed by atoms with van der Waals surface area (Å²) in [6, 6.07) is 16.3. The minimum Gasteiger partial charge on any atom is -0.467 e. The molecule has 2 rings (SSSR count). The standard InChI is InChI=1S/C21H24N2O5/c1-15-9-11-17(12-10-15)21(2,19(25)27-3)23-18(24)13-22-20(26)28-14-16-7-5-4-6-8-16/h4-12H,13-14H2,1-3H3,(H,22,26)(H,23,24). The Morgan fingerprint density at radius 3 is 2.25 bits per heavy atom. The van der Waals surface area contributed by atoms with Crippen LogP contribution in [0.15, 0.2) is 54.6 Å². The van der Waals surface area contributed by atoms with Gasteiger partial charge in [0, 0.05) is 0 Å². The summed E-state index contributed by atoms with van der Waals surface area (Å²) in [6.07, 6.45) is -0.728. The van der Waals surface area contributed by atoms with Crippen molar-refractivity contribution in [2.24, 2.45) is 0 Å². The number of hydrogen-bond donors (Lipinski definition) is 2. The van der Waals surface area contributed by atoms with E-state index in [0.29, 0.717) is 5.56 Å². The van der Waals surface area contributed by atoms with Gasteiger partial charge in [-0.15, -0.1) is 0 Å². The van der Waals surface area contributed by atoms with Gasteiger partial charge in [-0.05, 0) is 25.0 Å². The highest BCUT2D eigenvalue weighted by Gasteiger charge is 2.38. The molecule has 2 N–H and O–H groups in total. The molecule has 1 unspecified atom stereocenters. The first kappa shape index (κ1) is 21.0. The molecule has 2 aromatic carbocycles. The summed E-state index contributed by atoms with van der Waals surface area (Å²) in [7, 11) is 1.25. The second-order valence-corrected chi connectivity index (χ2v) is 6.45. The van der Waals surface area contributed by atoms with Crippen LogP contribution in [0.4, 0.5) is 4.79 Å². The number of carbonyl (C=O) groups is 3. The van der Waals surface area contributed by atoms with Gasteiger partial charge >= 0.3 is 12.1 Å². The van der Waals surface area contributed by atoms with Crippen molar-refractivity contribution in [1.82, 2.24) is 10.6 Å². The quantitative estimate of drug-likeness (QED) is 0.715. The first-order chi connectivity index (χ1) is 13.3. The van der Waals surface area contributed by atoms with E-state index < -0.39 is 23.5 Å². The number of hydrogen-bond acceptors (Lipinski definition) is 5. The Balaban J connectivity index is 1.93. The van der Waals surface area contributed by atoms with Crippen molar-refractivity contribution in [3.05, 3.63) is 71.3 Å². The molecule has 7 nitrogen and oxygen atoms in total. The highest BCUT2D eigenvalue weighted by Crippen LogP contribution is 2.22. The van der Waals surface area contributed by atoms with Crippen LogP contribution in [-0.4, -0.2) is 31.6 Å². The van der Waals surface area contributed by atoms with Crippen molar-refractivity contribution in [1.29, 1.82) is 0 Å². The molecule has 0 spiro atoms. The van der Waals surface area contributed by atoms with E-state index in [-0.39, 0.29) is 13.2 Å². The maximum atomic E-state index is 12.3. The maximum absolute atomic E-state index is 12.3. The van der Waals surface area contributed by atoms with Crippen molar-refractivity contribution >= 4 is 18.0 Å². The average molecular weight is 384 g/mol. The summed E-state index contributed by atoms with van der Waals surface area (Å²) in [5.74, 6) is -1.17. The summed E-state index contributed by atoms with van der Waals surface area (Å²) in [5.41, 5.74) is 1.05. The Morgan fingerprint density at radius 2 is 1.64 bits per heavy atom. The van der Waals surface area contributed by atoms with Gasteiger partial charge in [0.05, 0.1) is 7.11 Å². The molecular weight excluding hydrogens is 360 g/mol. The fraction of sp³-hybridized carbons (Fsp3) is 0.286. The Labute approximate surface area is 164 Å². The monoisotopic (exact) mass is 384 g/mol. The van der Waals surface area contributed by atoms with Crippen LogP contribution in [0.1, 0.15) is 23.6 Å². The first-order valence-corrected chi connectivity index (χ1v) is 8.76. The van der Waals surface area contributed by atoms with Gasteiger partial charge in [-0.25, -0.2) is 9.59 Å². The minimum absolute atomic E-state index is 0.0948. The lowest BCUT2D eigenvalue weighted by Crippen LogP contribution is -2.52. The van der Waals surface area contributed by atoms with Gasteiger partial charge in [-0.3, -0.25) is 4.79 Å². The lowest BCUT2D eigenvalue weighted by molar-refractivity contribution is -0.150. The Morgan fingerprint density at radius 1 is 1.00 bits per heavy atom. The molecule has 7 heteroatoms. The molecule has 0 fully saturated rings. The van der Waals surface area contributed by atoms with E-state index in [0.717, 1.165) is 11.1 Å². The van der Waals surface area contributed by atoms with Crippen molar-refractivity contribution in [3.8, 4) is 0 Å². The van der Waals surface area contributed by atoms with Crippen molar-refractivity contribution < 1.29 is 23.9 Å². The number of ether oxygens (including phenoxy) is 2. The first-order valence-electron chi connectivity index (χ1n) is 8.76. The molecule has 2 amide bonds. The van der Waals surface area contributed by atoms with Gasteiger partial charge in [0.2, 0.25) is 5.91 Å². The predicted octanol–water partition coefficient (Wildman–Crippen LogP) is 2.43. The molecule has 148 valence electrons. The van der Waals surface area contributed by atoms with Crippen LogP contribution in [0.25, 0.3) is 0 Å². The molecule has 28 heavy (non-hydrogen) atoms. The molecular formula is C21H24N2O5. The lowest BCUT2D eigenvalue weighted by Gasteiger charge is -2.28. The van der Waals surface area contributed by atoms with Crippen LogP contribution in [0.5, 0.6) is 0 Å². The van der Waals surface area contributed by atoms with Gasteiger partial charge in [0.1, 0.15) is 13.2 Å². The van der Waals surface area contributed by atoms with Crippen molar-refractivity contribution in [2.45, 2.75) is 26.0 Å². The van der Waals surface area contributed by atoms with Crippen LogP contribution in [0.3, 0.4) is 0 Å². The zero-order valence-electron chi connectivity index (χ0n) is 16.2. The number of methoxy groups -OCH3 is 1. The summed E-state index contributed by atoms with van der Waals surface area (Å²) < 4.78 is 9.90. The van der Waals surface area contributed by atoms with E-state index in [1.807, 2.05) is 49.4 Å². The fourth-order valence-corrected chi connectivity index (χ4v) is 2.58. The van der Waals surface area contributed by atoms with Crippen LogP contribution in [0.2, 0.25) is 0 Å². The number of esters is 1. The molecule has 0 saturated carbocycles. The van der Waals surface area contributed by atoms with E-state index >= 15 is 0 Å². The van der Waals surface area contributed by atoms with E-state index in [2.05, 4.69) is 10.6 Å². The summed E-state index contributed by atoms with van der Waals surface area (Å²) >= 11 is 0. The van der Waals surface area contributed by atoms with E-state index in [9.17, 15) is 14.4 Å². The molecule has 2 aromatic rings. The number of rotatable bonds is 7. The number of carbonyl (C=O) groups excluding carboxylic acids is 3. The van der Waals surface area contributed by atoms with Gasteiger partial charge in [0.25, 0.3) is 0 Å². The highest BCUT2D eigenvalue weighted by molar-refractivity contribution is 5.90. The third-order valence-corrected chi connectivity index (χ3v) is 4.22. The Bertz CT molecular complexity index is 820. The third-order valence-electron chi connectivity index (χ3n) is 4.22. The normalized spacial score (nSPS) is 12.4. The zero-order chi connectivity index (χ0) is 20.6. The molecule has 0 aliphatic carbocycles. The van der Waals surface area contributed by atoms with Crippen molar-refractivity contribution in [2.75, 3.05) is 13.7 Å². The molecule has 0 bridgehead atoms.